The van der Waals surface area contributed by atoms with Gasteiger partial charge in [0, 0.05) is 15.9 Å². The summed E-state index contributed by atoms with van der Waals surface area (Å²) in [5, 5.41) is 1.79. The molecule has 5 heteroatoms. The van der Waals surface area contributed by atoms with Crippen LogP contribution in [0.15, 0.2) is 16.6 Å². The summed E-state index contributed by atoms with van der Waals surface area (Å²) in [6.45, 7) is 0.630. The first-order valence-corrected chi connectivity index (χ1v) is 6.14. The minimum atomic E-state index is 0.630. The maximum atomic E-state index is 5.93. The van der Waals surface area contributed by atoms with Crippen LogP contribution in [0.5, 0.6) is 0 Å². The molecule has 2 nitrogen and oxygen atoms in total. The van der Waals surface area contributed by atoms with Crippen molar-refractivity contribution in [2.24, 2.45) is 5.73 Å². The average molecular weight is 292 g/mol. The number of hydrogen-bond donors (Lipinski definition) is 1. The zero-order valence-corrected chi connectivity index (χ0v) is 10.4. The van der Waals surface area contributed by atoms with Gasteiger partial charge in [0.2, 0.25) is 0 Å². The minimum absolute atomic E-state index is 0.630. The lowest BCUT2D eigenvalue weighted by atomic mass is 10.3. The number of thiazole rings is 1. The van der Waals surface area contributed by atoms with E-state index in [1.54, 1.807) is 11.3 Å². The molecule has 0 amide bonds. The van der Waals surface area contributed by atoms with Crippen LogP contribution in [0.2, 0.25) is 5.02 Å². The average Bonchev–Trinajstić information content (AvgIpc) is 2.48. The van der Waals surface area contributed by atoms with Gasteiger partial charge in [0.1, 0.15) is 0 Å². The Morgan fingerprint density at radius 1 is 1.50 bits per heavy atom. The fourth-order valence-electron chi connectivity index (χ4n) is 1.23. The van der Waals surface area contributed by atoms with Crippen molar-refractivity contribution in [1.82, 2.24) is 4.98 Å². The first-order valence-electron chi connectivity index (χ1n) is 4.15. The first-order chi connectivity index (χ1) is 6.70. The highest BCUT2D eigenvalue weighted by Gasteiger charge is 2.07. The van der Waals surface area contributed by atoms with Gasteiger partial charge in [-0.1, -0.05) is 11.6 Å². The molecule has 1 aromatic carbocycles. The predicted octanol–water partition coefficient (Wildman–Crippen LogP) is 3.21. The molecule has 2 N–H and O–H groups in total. The molecule has 14 heavy (non-hydrogen) atoms. The third-order valence-electron chi connectivity index (χ3n) is 1.82. The van der Waals surface area contributed by atoms with Crippen LogP contribution >= 0.6 is 38.9 Å². The highest BCUT2D eigenvalue weighted by molar-refractivity contribution is 9.10. The highest BCUT2D eigenvalue weighted by atomic mass is 79.9. The smallest absolute Gasteiger partial charge is 0.0958 e. The van der Waals surface area contributed by atoms with Gasteiger partial charge in [-0.05, 0) is 34.6 Å². The fourth-order valence-corrected chi connectivity index (χ4v) is 3.38. The number of halogens is 2. The normalized spacial score (nSPS) is 11.1. The molecule has 2 aromatic rings. The van der Waals surface area contributed by atoms with E-state index < -0.39 is 0 Å². The zero-order valence-electron chi connectivity index (χ0n) is 7.26. The number of nitrogens with zero attached hydrogens (tertiary/aromatic N) is 1. The standard InChI is InChI=1S/C9H8BrClN2S/c10-6-3-5(11)4-7-9(6)13-8(14-7)1-2-12/h3-4H,1-2,12H2. The monoisotopic (exact) mass is 290 g/mol. The van der Waals surface area contributed by atoms with E-state index in [0.29, 0.717) is 6.54 Å². The Bertz CT molecular complexity index is 469. The third-order valence-corrected chi connectivity index (χ3v) is 3.70. The quantitative estimate of drug-likeness (QED) is 0.923. The summed E-state index contributed by atoms with van der Waals surface area (Å²) in [6, 6.07) is 3.79. The van der Waals surface area contributed by atoms with E-state index in [0.717, 1.165) is 31.1 Å². The number of rotatable bonds is 2. The van der Waals surface area contributed by atoms with Crippen LogP contribution in [0.25, 0.3) is 10.2 Å². The van der Waals surface area contributed by atoms with E-state index in [4.69, 9.17) is 17.3 Å². The lowest BCUT2D eigenvalue weighted by Gasteiger charge is -1.92. The Morgan fingerprint density at radius 3 is 3.00 bits per heavy atom. The van der Waals surface area contributed by atoms with Crippen molar-refractivity contribution >= 4 is 49.1 Å². The summed E-state index contributed by atoms with van der Waals surface area (Å²) in [6.07, 6.45) is 0.823. The van der Waals surface area contributed by atoms with Gasteiger partial charge in [-0.3, -0.25) is 0 Å². The zero-order chi connectivity index (χ0) is 10.1. The van der Waals surface area contributed by atoms with Crippen LogP contribution in [0.1, 0.15) is 5.01 Å². The Kier molecular flexibility index (Phi) is 3.07. The van der Waals surface area contributed by atoms with Crippen LogP contribution in [-0.2, 0) is 6.42 Å². The van der Waals surface area contributed by atoms with Crippen molar-refractivity contribution in [2.75, 3.05) is 6.54 Å². The molecule has 0 aliphatic rings. The summed E-state index contributed by atoms with van der Waals surface area (Å²) in [5.74, 6) is 0. The highest BCUT2D eigenvalue weighted by Crippen LogP contribution is 2.31. The number of benzene rings is 1. The molecule has 0 spiro atoms. The second-order valence-corrected chi connectivity index (χ2v) is 5.29. The van der Waals surface area contributed by atoms with Crippen molar-refractivity contribution < 1.29 is 0 Å². The van der Waals surface area contributed by atoms with Crippen LogP contribution in [0.3, 0.4) is 0 Å². The van der Waals surface area contributed by atoms with Gasteiger partial charge in [-0.15, -0.1) is 11.3 Å². The Hall–Kier alpha value is -0.160. The number of nitrogens with two attached hydrogens (primary N) is 1. The first kappa shape index (κ1) is 10.4. The van der Waals surface area contributed by atoms with Crippen molar-refractivity contribution in [3.8, 4) is 0 Å². The molecule has 0 saturated heterocycles. The minimum Gasteiger partial charge on any atom is -0.330 e. The van der Waals surface area contributed by atoms with E-state index in [1.165, 1.54) is 0 Å². The molecule has 1 heterocycles. The van der Waals surface area contributed by atoms with Crippen molar-refractivity contribution in [3.05, 3.63) is 26.6 Å². The molecule has 0 aliphatic heterocycles. The molecular formula is C9H8BrClN2S. The molecule has 0 saturated carbocycles. The largest absolute Gasteiger partial charge is 0.330 e. The SMILES string of the molecule is NCCc1nc2c(Br)cc(Cl)cc2s1. The maximum absolute atomic E-state index is 5.93. The van der Waals surface area contributed by atoms with Crippen molar-refractivity contribution in [2.45, 2.75) is 6.42 Å². The summed E-state index contributed by atoms with van der Waals surface area (Å²) in [4.78, 5) is 4.48. The molecule has 0 atom stereocenters. The lowest BCUT2D eigenvalue weighted by Crippen LogP contribution is -2.01. The summed E-state index contributed by atoms with van der Waals surface area (Å²) < 4.78 is 2.05. The van der Waals surface area contributed by atoms with E-state index in [9.17, 15) is 0 Å². The molecular weight excluding hydrogens is 284 g/mol. The molecule has 0 bridgehead atoms. The second-order valence-electron chi connectivity index (χ2n) is 2.88. The Labute approximate surface area is 99.2 Å². The summed E-state index contributed by atoms with van der Waals surface area (Å²) in [5.41, 5.74) is 6.45. The van der Waals surface area contributed by atoms with Gasteiger partial charge in [-0.25, -0.2) is 4.98 Å². The molecule has 1 aromatic heterocycles. The lowest BCUT2D eigenvalue weighted by molar-refractivity contribution is 0.958. The Morgan fingerprint density at radius 2 is 2.29 bits per heavy atom. The van der Waals surface area contributed by atoms with E-state index in [1.807, 2.05) is 12.1 Å². The third kappa shape index (κ3) is 1.93. The van der Waals surface area contributed by atoms with Crippen LogP contribution in [0.4, 0.5) is 0 Å². The fraction of sp³-hybridized carbons (Fsp3) is 0.222. The number of aromatic nitrogens is 1. The molecule has 74 valence electrons. The number of hydrogen-bond acceptors (Lipinski definition) is 3. The van der Waals surface area contributed by atoms with Gasteiger partial charge in [0.15, 0.2) is 0 Å². The van der Waals surface area contributed by atoms with Crippen LogP contribution in [0, 0.1) is 0 Å². The van der Waals surface area contributed by atoms with E-state index in [-0.39, 0.29) is 0 Å². The topological polar surface area (TPSA) is 38.9 Å². The maximum Gasteiger partial charge on any atom is 0.0958 e. The van der Waals surface area contributed by atoms with Crippen molar-refractivity contribution in [1.29, 1.82) is 0 Å². The van der Waals surface area contributed by atoms with Crippen molar-refractivity contribution in [3.63, 3.8) is 0 Å². The Balaban J connectivity index is 2.58. The van der Waals surface area contributed by atoms with Gasteiger partial charge in [-0.2, -0.15) is 0 Å². The van der Waals surface area contributed by atoms with E-state index >= 15 is 0 Å². The predicted molar refractivity (Wildman–Crippen MR) is 65.1 cm³/mol. The van der Waals surface area contributed by atoms with Gasteiger partial charge in [0.05, 0.1) is 15.2 Å². The number of fused-ring (bicyclic) bond motifs is 1. The molecule has 0 unspecified atom stereocenters. The van der Waals surface area contributed by atoms with Crippen LogP contribution in [-0.4, -0.2) is 11.5 Å². The van der Waals surface area contributed by atoms with E-state index in [2.05, 4.69) is 20.9 Å². The molecule has 0 aliphatic carbocycles. The second kappa shape index (κ2) is 4.14. The summed E-state index contributed by atoms with van der Waals surface area (Å²) >= 11 is 11.0. The molecule has 0 fully saturated rings. The van der Waals surface area contributed by atoms with Gasteiger partial charge < -0.3 is 5.73 Å². The van der Waals surface area contributed by atoms with Gasteiger partial charge >= 0.3 is 0 Å². The van der Waals surface area contributed by atoms with Gasteiger partial charge in [0.25, 0.3) is 0 Å². The molecule has 2 rings (SSSR count). The summed E-state index contributed by atoms with van der Waals surface area (Å²) in [7, 11) is 0. The van der Waals surface area contributed by atoms with Crippen LogP contribution < -0.4 is 5.73 Å². The molecule has 0 radical (unpaired) electrons.